The first-order valence-corrected chi connectivity index (χ1v) is 6.68. The van der Waals surface area contributed by atoms with Gasteiger partial charge >= 0.3 is 5.97 Å². The molecule has 0 radical (unpaired) electrons. The van der Waals surface area contributed by atoms with Crippen molar-refractivity contribution < 1.29 is 19.0 Å². The molecule has 1 atom stereocenters. The minimum absolute atomic E-state index is 0. The minimum atomic E-state index is -0.309. The van der Waals surface area contributed by atoms with Crippen LogP contribution in [0.4, 0.5) is 0 Å². The quantitative estimate of drug-likeness (QED) is 0.630. The van der Waals surface area contributed by atoms with Gasteiger partial charge < -0.3 is 19.1 Å². The summed E-state index contributed by atoms with van der Waals surface area (Å²) in [6, 6.07) is 7.81. The van der Waals surface area contributed by atoms with Gasteiger partial charge in [0.2, 0.25) is 0 Å². The van der Waals surface area contributed by atoms with E-state index in [1.807, 2.05) is 38.4 Å². The number of carbonyl (C=O) groups is 1. The fourth-order valence-corrected chi connectivity index (χ4v) is 2.58. The maximum Gasteiger partial charge on any atom is 0.308 e. The van der Waals surface area contributed by atoms with E-state index in [4.69, 9.17) is 14.2 Å². The maximum absolute atomic E-state index is 10.9. The second kappa shape index (κ2) is 8.34. The number of carbonyl (C=O) groups excluding carboxylic acids is 1. The highest BCUT2D eigenvalue weighted by Gasteiger charge is 2.27. The number of hydrogen-bond donors (Lipinski definition) is 0. The van der Waals surface area contributed by atoms with Crippen molar-refractivity contribution in [2.75, 3.05) is 34.1 Å². The Morgan fingerprint density at radius 3 is 2.29 bits per heavy atom. The van der Waals surface area contributed by atoms with Crippen molar-refractivity contribution in [1.82, 2.24) is 4.90 Å². The lowest BCUT2D eigenvalue weighted by atomic mass is 9.93. The Kier molecular flexibility index (Phi) is 7.11. The number of esters is 1. The summed E-state index contributed by atoms with van der Waals surface area (Å²) in [5.74, 6) is 0.546. The molecule has 0 saturated carbocycles. The maximum atomic E-state index is 10.9. The van der Waals surface area contributed by atoms with Gasteiger partial charge in [-0.2, -0.15) is 0 Å². The van der Waals surface area contributed by atoms with Gasteiger partial charge in [0.15, 0.2) is 0 Å². The van der Waals surface area contributed by atoms with Crippen LogP contribution in [0.3, 0.4) is 0 Å². The molecule has 0 bridgehead atoms. The van der Waals surface area contributed by atoms with E-state index in [2.05, 4.69) is 4.90 Å². The Hall–Kier alpha value is -1.14. The van der Waals surface area contributed by atoms with Crippen molar-refractivity contribution in [3.05, 3.63) is 29.8 Å². The zero-order valence-corrected chi connectivity index (χ0v) is 13.4. The molecule has 5 nitrogen and oxygen atoms in total. The molecule has 118 valence electrons. The molecular formula is C15H22ClNO4. The Morgan fingerprint density at radius 1 is 1.24 bits per heavy atom. The molecule has 0 aliphatic carbocycles. The van der Waals surface area contributed by atoms with Crippen LogP contribution >= 0.6 is 12.4 Å². The van der Waals surface area contributed by atoms with Crippen LogP contribution in [0.2, 0.25) is 0 Å². The fourth-order valence-electron chi connectivity index (χ4n) is 2.58. The molecular weight excluding hydrogens is 294 g/mol. The third-order valence-electron chi connectivity index (χ3n) is 3.32. The molecule has 1 heterocycles. The number of hydrogen-bond acceptors (Lipinski definition) is 5. The summed E-state index contributed by atoms with van der Waals surface area (Å²) >= 11 is 0. The summed E-state index contributed by atoms with van der Waals surface area (Å²) in [6.07, 6.45) is 0. The summed E-state index contributed by atoms with van der Waals surface area (Å²) < 4.78 is 15.8. The van der Waals surface area contributed by atoms with Crippen molar-refractivity contribution in [2.45, 2.75) is 13.0 Å². The number of benzene rings is 1. The van der Waals surface area contributed by atoms with Crippen LogP contribution in [-0.2, 0) is 14.3 Å². The molecule has 0 aromatic heterocycles. The van der Waals surface area contributed by atoms with E-state index in [0.717, 1.165) is 5.56 Å². The molecule has 1 saturated heterocycles. The van der Waals surface area contributed by atoms with E-state index < -0.39 is 0 Å². The monoisotopic (exact) mass is 315 g/mol. The minimum Gasteiger partial charge on any atom is -0.427 e. The molecule has 1 aliphatic heterocycles. The summed E-state index contributed by atoms with van der Waals surface area (Å²) in [5, 5.41) is 0. The third-order valence-corrected chi connectivity index (χ3v) is 3.32. The van der Waals surface area contributed by atoms with Gasteiger partial charge in [-0.05, 0) is 31.8 Å². The van der Waals surface area contributed by atoms with E-state index in [9.17, 15) is 4.79 Å². The normalized spacial score (nSPS) is 17.1. The smallest absolute Gasteiger partial charge is 0.308 e. The predicted octanol–water partition coefficient (Wildman–Crippen LogP) is 2.26. The Bertz CT molecular complexity index is 443. The first kappa shape index (κ1) is 17.9. The highest BCUT2D eigenvalue weighted by molar-refractivity contribution is 5.85. The topological polar surface area (TPSA) is 48.0 Å². The predicted molar refractivity (Wildman–Crippen MR) is 81.7 cm³/mol. The Labute approximate surface area is 131 Å². The molecule has 0 spiro atoms. The largest absolute Gasteiger partial charge is 0.427 e. The molecule has 1 aromatic carbocycles. The number of halogens is 1. The van der Waals surface area contributed by atoms with E-state index in [-0.39, 0.29) is 24.4 Å². The second-order valence-electron chi connectivity index (χ2n) is 5.19. The van der Waals surface area contributed by atoms with E-state index in [1.54, 1.807) is 0 Å². The summed E-state index contributed by atoms with van der Waals surface area (Å²) in [4.78, 5) is 13.1. The number of ether oxygens (including phenoxy) is 3. The van der Waals surface area contributed by atoms with E-state index in [1.165, 1.54) is 6.92 Å². The van der Waals surface area contributed by atoms with Crippen molar-refractivity contribution in [3.63, 3.8) is 0 Å². The van der Waals surface area contributed by atoms with Crippen LogP contribution in [0, 0.1) is 5.92 Å². The highest BCUT2D eigenvalue weighted by Crippen LogP contribution is 2.30. The lowest BCUT2D eigenvalue weighted by Gasteiger charge is -2.34. The summed E-state index contributed by atoms with van der Waals surface area (Å²) in [7, 11) is 4.08. The van der Waals surface area contributed by atoms with Crippen molar-refractivity contribution in [2.24, 2.45) is 5.92 Å². The van der Waals surface area contributed by atoms with Gasteiger partial charge in [0, 0.05) is 18.9 Å². The van der Waals surface area contributed by atoms with Gasteiger partial charge in [0.25, 0.3) is 0 Å². The zero-order valence-electron chi connectivity index (χ0n) is 12.6. The molecule has 1 unspecified atom stereocenters. The molecule has 0 N–H and O–H groups in total. The molecule has 1 aromatic rings. The SMILES string of the molecule is CC(=O)Oc1ccc(C(C2COCOC2)N(C)C)cc1.Cl. The van der Waals surface area contributed by atoms with Crippen LogP contribution in [0.15, 0.2) is 24.3 Å². The first-order chi connectivity index (χ1) is 9.58. The van der Waals surface area contributed by atoms with Gasteiger partial charge in [0.05, 0.1) is 13.2 Å². The third kappa shape index (κ3) is 4.97. The fraction of sp³-hybridized carbons (Fsp3) is 0.533. The molecule has 2 rings (SSSR count). The average molecular weight is 316 g/mol. The molecule has 6 heteroatoms. The number of rotatable bonds is 4. The standard InChI is InChI=1S/C15H21NO4.ClH/c1-11(17)20-14-6-4-12(5-7-14)15(16(2)3)13-8-18-10-19-9-13;/h4-7,13,15H,8-10H2,1-3H3;1H. The van der Waals surface area contributed by atoms with Crippen LogP contribution < -0.4 is 4.74 Å². The lowest BCUT2D eigenvalue weighted by Crippen LogP contribution is -2.36. The van der Waals surface area contributed by atoms with Crippen LogP contribution in [0.1, 0.15) is 18.5 Å². The van der Waals surface area contributed by atoms with Crippen LogP contribution in [0.5, 0.6) is 5.75 Å². The first-order valence-electron chi connectivity index (χ1n) is 6.68. The van der Waals surface area contributed by atoms with Crippen LogP contribution in [0.25, 0.3) is 0 Å². The van der Waals surface area contributed by atoms with Crippen LogP contribution in [-0.4, -0.2) is 45.0 Å². The zero-order chi connectivity index (χ0) is 14.5. The molecule has 1 aliphatic rings. The average Bonchev–Trinajstić information content (AvgIpc) is 2.41. The van der Waals surface area contributed by atoms with Crippen molar-refractivity contribution in [3.8, 4) is 5.75 Å². The molecule has 0 amide bonds. The van der Waals surface area contributed by atoms with Gasteiger partial charge in [-0.1, -0.05) is 12.1 Å². The number of nitrogens with zero attached hydrogens (tertiary/aromatic N) is 1. The van der Waals surface area contributed by atoms with E-state index in [0.29, 0.717) is 31.7 Å². The van der Waals surface area contributed by atoms with Gasteiger partial charge in [-0.15, -0.1) is 12.4 Å². The highest BCUT2D eigenvalue weighted by atomic mass is 35.5. The lowest BCUT2D eigenvalue weighted by molar-refractivity contribution is -0.139. The Morgan fingerprint density at radius 2 is 1.81 bits per heavy atom. The molecule has 21 heavy (non-hydrogen) atoms. The summed E-state index contributed by atoms with van der Waals surface area (Å²) in [6.45, 7) is 3.15. The van der Waals surface area contributed by atoms with Crippen molar-refractivity contribution >= 4 is 18.4 Å². The molecule has 1 fully saturated rings. The second-order valence-corrected chi connectivity index (χ2v) is 5.19. The van der Waals surface area contributed by atoms with Gasteiger partial charge in [0.1, 0.15) is 12.5 Å². The van der Waals surface area contributed by atoms with Crippen molar-refractivity contribution in [1.29, 1.82) is 0 Å². The van der Waals surface area contributed by atoms with Gasteiger partial charge in [-0.25, -0.2) is 0 Å². The van der Waals surface area contributed by atoms with Gasteiger partial charge in [-0.3, -0.25) is 4.79 Å². The summed E-state index contributed by atoms with van der Waals surface area (Å²) in [5.41, 5.74) is 1.16. The Balaban J connectivity index is 0.00000220. The van der Waals surface area contributed by atoms with E-state index >= 15 is 0 Å².